The molecule has 0 spiro atoms. The lowest BCUT2D eigenvalue weighted by molar-refractivity contribution is 0.0526. The fraction of sp³-hybridized carbons (Fsp3) is 0.227. The number of anilines is 4. The third kappa shape index (κ3) is 4.65. The molecular weight excluding hydrogens is 352 g/mol. The summed E-state index contributed by atoms with van der Waals surface area (Å²) >= 11 is 0. The summed E-state index contributed by atoms with van der Waals surface area (Å²) in [5, 5.41) is 6.62. The summed E-state index contributed by atoms with van der Waals surface area (Å²) in [7, 11) is 0. The maximum atomic E-state index is 11.8. The number of nitrogens with one attached hydrogen (secondary N) is 2. The van der Waals surface area contributed by atoms with Gasteiger partial charge in [-0.3, -0.25) is 0 Å². The molecule has 6 heteroatoms. The zero-order valence-corrected chi connectivity index (χ0v) is 16.5. The minimum absolute atomic E-state index is 0.327. The second-order valence-corrected chi connectivity index (χ2v) is 6.48. The molecule has 0 saturated carbocycles. The van der Waals surface area contributed by atoms with Crippen LogP contribution >= 0.6 is 0 Å². The van der Waals surface area contributed by atoms with E-state index in [1.54, 1.807) is 19.1 Å². The Bertz CT molecular complexity index is 984. The zero-order valence-electron chi connectivity index (χ0n) is 16.5. The van der Waals surface area contributed by atoms with Gasteiger partial charge in [0.05, 0.1) is 12.2 Å². The van der Waals surface area contributed by atoms with Crippen LogP contribution in [0.5, 0.6) is 0 Å². The molecule has 0 aliphatic carbocycles. The van der Waals surface area contributed by atoms with Gasteiger partial charge in [-0.2, -0.15) is 0 Å². The highest BCUT2D eigenvalue weighted by atomic mass is 16.5. The van der Waals surface area contributed by atoms with Crippen molar-refractivity contribution in [1.29, 1.82) is 0 Å². The van der Waals surface area contributed by atoms with Crippen molar-refractivity contribution in [3.05, 3.63) is 71.0 Å². The van der Waals surface area contributed by atoms with Gasteiger partial charge in [0, 0.05) is 17.4 Å². The van der Waals surface area contributed by atoms with Crippen molar-refractivity contribution in [3.63, 3.8) is 0 Å². The summed E-state index contributed by atoms with van der Waals surface area (Å²) in [4.78, 5) is 20.7. The highest BCUT2D eigenvalue weighted by molar-refractivity contribution is 5.89. The number of ether oxygens (including phenoxy) is 1. The first-order valence-electron chi connectivity index (χ1n) is 9.19. The lowest BCUT2D eigenvalue weighted by Crippen LogP contribution is -2.05. The Morgan fingerprint density at radius 3 is 2.32 bits per heavy atom. The fourth-order valence-electron chi connectivity index (χ4n) is 2.77. The molecule has 1 aromatic heterocycles. The number of aromatic nitrogens is 2. The highest BCUT2D eigenvalue weighted by Gasteiger charge is 2.08. The molecule has 0 amide bonds. The summed E-state index contributed by atoms with van der Waals surface area (Å²) in [6.45, 7) is 8.16. The topological polar surface area (TPSA) is 76.1 Å². The lowest BCUT2D eigenvalue weighted by atomic mass is 10.1. The molecule has 2 N–H and O–H groups in total. The Balaban J connectivity index is 1.78. The van der Waals surface area contributed by atoms with Crippen molar-refractivity contribution >= 4 is 29.0 Å². The molecule has 0 bridgehead atoms. The van der Waals surface area contributed by atoms with E-state index in [0.717, 1.165) is 11.4 Å². The molecule has 3 rings (SSSR count). The van der Waals surface area contributed by atoms with Crippen LogP contribution in [0.15, 0.2) is 48.5 Å². The van der Waals surface area contributed by atoms with Gasteiger partial charge < -0.3 is 15.4 Å². The van der Waals surface area contributed by atoms with Gasteiger partial charge in [0.25, 0.3) is 0 Å². The molecule has 6 nitrogen and oxygen atoms in total. The molecule has 0 fully saturated rings. The minimum atomic E-state index is -0.327. The van der Waals surface area contributed by atoms with Gasteiger partial charge in [-0.15, -0.1) is 0 Å². The molecule has 0 unspecified atom stereocenters. The van der Waals surface area contributed by atoms with Gasteiger partial charge in [-0.1, -0.05) is 12.1 Å². The van der Waals surface area contributed by atoms with E-state index >= 15 is 0 Å². The predicted molar refractivity (Wildman–Crippen MR) is 112 cm³/mol. The molecule has 3 aromatic rings. The highest BCUT2D eigenvalue weighted by Crippen LogP contribution is 2.24. The molecule has 2 aromatic carbocycles. The molecule has 0 aliphatic rings. The van der Waals surface area contributed by atoms with Crippen LogP contribution in [0.2, 0.25) is 0 Å². The Labute approximate surface area is 165 Å². The van der Waals surface area contributed by atoms with E-state index < -0.39 is 0 Å². The molecule has 0 atom stereocenters. The van der Waals surface area contributed by atoms with Crippen molar-refractivity contribution in [2.75, 3.05) is 17.2 Å². The maximum absolute atomic E-state index is 11.8. The van der Waals surface area contributed by atoms with Gasteiger partial charge in [0.15, 0.2) is 0 Å². The maximum Gasteiger partial charge on any atom is 0.338 e. The predicted octanol–water partition coefficient (Wildman–Crippen LogP) is 5.07. The first-order chi connectivity index (χ1) is 13.5. The zero-order chi connectivity index (χ0) is 20.1. The van der Waals surface area contributed by atoms with Gasteiger partial charge in [-0.05, 0) is 69.2 Å². The number of carbonyl (C=O) groups excluding carboxylic acids is 1. The van der Waals surface area contributed by atoms with E-state index in [-0.39, 0.29) is 5.97 Å². The average Bonchev–Trinajstić information content (AvgIpc) is 2.66. The molecule has 28 heavy (non-hydrogen) atoms. The normalized spacial score (nSPS) is 10.4. The number of nitrogens with zero attached hydrogens (tertiary/aromatic N) is 2. The molecule has 0 aliphatic heterocycles. The molecular formula is C22H24N4O2. The number of hydrogen-bond donors (Lipinski definition) is 2. The van der Waals surface area contributed by atoms with Crippen molar-refractivity contribution in [2.45, 2.75) is 27.7 Å². The van der Waals surface area contributed by atoms with Gasteiger partial charge in [0.1, 0.15) is 17.5 Å². The number of hydrogen-bond acceptors (Lipinski definition) is 6. The summed E-state index contributed by atoms with van der Waals surface area (Å²) in [5.41, 5.74) is 4.76. The second-order valence-electron chi connectivity index (χ2n) is 6.48. The van der Waals surface area contributed by atoms with Crippen LogP contribution in [0.4, 0.5) is 23.0 Å². The Morgan fingerprint density at radius 2 is 1.64 bits per heavy atom. The van der Waals surface area contributed by atoms with Crippen LogP contribution in [-0.2, 0) is 4.74 Å². The molecule has 144 valence electrons. The number of esters is 1. The van der Waals surface area contributed by atoms with Crippen LogP contribution in [0.3, 0.4) is 0 Å². The summed E-state index contributed by atoms with van der Waals surface area (Å²) in [5.74, 6) is 1.71. The van der Waals surface area contributed by atoms with Crippen molar-refractivity contribution in [3.8, 4) is 0 Å². The van der Waals surface area contributed by atoms with Crippen LogP contribution in [-0.4, -0.2) is 22.5 Å². The summed E-state index contributed by atoms with van der Waals surface area (Å²) < 4.78 is 5.00. The molecule has 0 radical (unpaired) electrons. The smallest absolute Gasteiger partial charge is 0.338 e. The van der Waals surface area contributed by atoms with Crippen molar-refractivity contribution < 1.29 is 9.53 Å². The van der Waals surface area contributed by atoms with Gasteiger partial charge in [0.2, 0.25) is 0 Å². The monoisotopic (exact) mass is 376 g/mol. The van der Waals surface area contributed by atoms with E-state index in [9.17, 15) is 4.79 Å². The van der Waals surface area contributed by atoms with Crippen LogP contribution in [0, 0.1) is 20.8 Å². The lowest BCUT2D eigenvalue weighted by Gasteiger charge is -2.13. The number of aryl methyl sites for hydroxylation is 2. The largest absolute Gasteiger partial charge is 0.462 e. The third-order valence-electron chi connectivity index (χ3n) is 4.37. The van der Waals surface area contributed by atoms with Crippen LogP contribution in [0.25, 0.3) is 0 Å². The number of rotatable bonds is 6. The van der Waals surface area contributed by atoms with Crippen LogP contribution in [0.1, 0.15) is 34.2 Å². The van der Waals surface area contributed by atoms with E-state index in [0.29, 0.717) is 29.6 Å². The fourth-order valence-corrected chi connectivity index (χ4v) is 2.77. The number of benzene rings is 2. The Kier molecular flexibility index (Phi) is 5.89. The van der Waals surface area contributed by atoms with E-state index in [1.165, 1.54) is 11.1 Å². The van der Waals surface area contributed by atoms with Crippen molar-refractivity contribution in [2.24, 2.45) is 0 Å². The van der Waals surface area contributed by atoms with Gasteiger partial charge >= 0.3 is 5.97 Å². The average molecular weight is 376 g/mol. The SMILES string of the molecule is CCOC(=O)c1ccc(Nc2cc(Nc3cccc(C)c3C)nc(C)n2)cc1. The Morgan fingerprint density at radius 1 is 0.964 bits per heavy atom. The number of carbonyl (C=O) groups is 1. The summed E-state index contributed by atoms with van der Waals surface area (Å²) in [6.07, 6.45) is 0. The minimum Gasteiger partial charge on any atom is -0.462 e. The van der Waals surface area contributed by atoms with E-state index in [1.807, 2.05) is 37.3 Å². The Hall–Kier alpha value is -3.41. The van der Waals surface area contributed by atoms with E-state index in [4.69, 9.17) is 4.74 Å². The second kappa shape index (κ2) is 8.52. The quantitative estimate of drug-likeness (QED) is 0.585. The molecule has 0 saturated heterocycles. The van der Waals surface area contributed by atoms with Crippen molar-refractivity contribution in [1.82, 2.24) is 9.97 Å². The molecule has 1 heterocycles. The van der Waals surface area contributed by atoms with Gasteiger partial charge in [-0.25, -0.2) is 14.8 Å². The third-order valence-corrected chi connectivity index (χ3v) is 4.37. The first kappa shape index (κ1) is 19.4. The summed E-state index contributed by atoms with van der Waals surface area (Å²) in [6, 6.07) is 15.1. The first-order valence-corrected chi connectivity index (χ1v) is 9.19. The van der Waals surface area contributed by atoms with Crippen LogP contribution < -0.4 is 10.6 Å². The van der Waals surface area contributed by atoms with E-state index in [2.05, 4.69) is 40.5 Å². The standard InChI is InChI=1S/C22H24N4O2/c1-5-28-22(27)17-9-11-18(12-10-17)25-20-13-21(24-16(4)23-20)26-19-8-6-7-14(2)15(19)3/h6-13H,5H2,1-4H3,(H2,23,24,25,26).